The Balaban J connectivity index is 1.92. The molecule has 2 N–H and O–H groups in total. The van der Waals surface area contributed by atoms with Gasteiger partial charge in [-0.3, -0.25) is 4.90 Å². The quantitative estimate of drug-likeness (QED) is 0.703. The summed E-state index contributed by atoms with van der Waals surface area (Å²) in [4.78, 5) is 2.62. The third kappa shape index (κ3) is 2.92. The van der Waals surface area contributed by atoms with Crippen molar-refractivity contribution in [2.75, 3.05) is 26.3 Å². The molecular weight excluding hydrogens is 188 g/mol. The molecule has 2 fully saturated rings. The van der Waals surface area contributed by atoms with Gasteiger partial charge >= 0.3 is 0 Å². The van der Waals surface area contributed by atoms with Crippen LogP contribution in [-0.2, 0) is 4.74 Å². The Kier molecular flexibility index (Phi) is 4.42. The largest absolute Gasteiger partial charge is 0.378 e. The van der Waals surface area contributed by atoms with Gasteiger partial charge in [0.05, 0.1) is 13.2 Å². The molecule has 1 aliphatic carbocycles. The molecule has 1 saturated heterocycles. The number of hydrogen-bond acceptors (Lipinski definition) is 3. The van der Waals surface area contributed by atoms with Crippen LogP contribution in [0.1, 0.15) is 38.5 Å². The molecule has 0 bridgehead atoms. The molecule has 1 atom stereocenters. The minimum absolute atomic E-state index is 0.474. The summed E-state index contributed by atoms with van der Waals surface area (Å²) in [5.41, 5.74) is 5.82. The fourth-order valence-corrected chi connectivity index (χ4v) is 2.94. The molecule has 0 amide bonds. The molecule has 2 aliphatic rings. The number of hydrogen-bond donors (Lipinski definition) is 1. The van der Waals surface area contributed by atoms with Gasteiger partial charge in [0.15, 0.2) is 0 Å². The van der Waals surface area contributed by atoms with E-state index in [-0.39, 0.29) is 0 Å². The first-order valence-corrected chi connectivity index (χ1v) is 6.45. The van der Waals surface area contributed by atoms with Crippen molar-refractivity contribution in [2.24, 2.45) is 5.73 Å². The molecule has 0 aromatic rings. The molecule has 1 saturated carbocycles. The van der Waals surface area contributed by atoms with Crippen molar-refractivity contribution >= 4 is 0 Å². The van der Waals surface area contributed by atoms with Crippen LogP contribution in [0.25, 0.3) is 0 Å². The van der Waals surface area contributed by atoms with Crippen LogP contribution in [0.15, 0.2) is 0 Å². The summed E-state index contributed by atoms with van der Waals surface area (Å²) in [6.07, 6.45) is 8.40. The summed E-state index contributed by atoms with van der Waals surface area (Å²) in [5.74, 6) is 0. The lowest BCUT2D eigenvalue weighted by atomic mass is 10.0. The van der Waals surface area contributed by atoms with Crippen LogP contribution >= 0.6 is 0 Å². The smallest absolute Gasteiger partial charge is 0.0634 e. The number of morpholine rings is 1. The molecule has 0 aromatic heterocycles. The van der Waals surface area contributed by atoms with E-state index in [0.29, 0.717) is 6.04 Å². The first-order chi connectivity index (χ1) is 7.42. The Hall–Kier alpha value is -0.120. The minimum atomic E-state index is 0.474. The molecule has 2 rings (SSSR count). The normalized spacial score (nSPS) is 31.4. The molecule has 3 nitrogen and oxygen atoms in total. The van der Waals surface area contributed by atoms with Crippen LogP contribution < -0.4 is 5.73 Å². The van der Waals surface area contributed by atoms with E-state index in [9.17, 15) is 0 Å². The Morgan fingerprint density at radius 1 is 1.13 bits per heavy atom. The lowest BCUT2D eigenvalue weighted by molar-refractivity contribution is -0.0282. The highest BCUT2D eigenvalue weighted by atomic mass is 16.5. The topological polar surface area (TPSA) is 38.5 Å². The van der Waals surface area contributed by atoms with Crippen molar-refractivity contribution in [2.45, 2.75) is 50.6 Å². The molecule has 1 unspecified atom stereocenters. The second kappa shape index (κ2) is 5.83. The van der Waals surface area contributed by atoms with E-state index in [4.69, 9.17) is 10.5 Å². The van der Waals surface area contributed by atoms with Crippen LogP contribution in [0.2, 0.25) is 0 Å². The van der Waals surface area contributed by atoms with Crippen molar-refractivity contribution in [1.29, 1.82) is 0 Å². The van der Waals surface area contributed by atoms with E-state index in [1.165, 1.54) is 38.5 Å². The second-order valence-electron chi connectivity index (χ2n) is 4.85. The second-order valence-corrected chi connectivity index (χ2v) is 4.85. The third-order valence-corrected chi connectivity index (χ3v) is 3.84. The summed E-state index contributed by atoms with van der Waals surface area (Å²) in [5, 5.41) is 0. The zero-order chi connectivity index (χ0) is 10.5. The van der Waals surface area contributed by atoms with Crippen molar-refractivity contribution in [1.82, 2.24) is 4.90 Å². The van der Waals surface area contributed by atoms with Gasteiger partial charge < -0.3 is 10.5 Å². The molecule has 0 spiro atoms. The lowest BCUT2D eigenvalue weighted by Gasteiger charge is -2.40. The maximum atomic E-state index is 5.82. The Morgan fingerprint density at radius 2 is 1.87 bits per heavy atom. The number of ether oxygens (including phenoxy) is 1. The average Bonchev–Trinajstić information content (AvgIpc) is 2.57. The van der Waals surface area contributed by atoms with Gasteiger partial charge in [0.25, 0.3) is 0 Å². The van der Waals surface area contributed by atoms with Gasteiger partial charge in [0.2, 0.25) is 0 Å². The van der Waals surface area contributed by atoms with Crippen molar-refractivity contribution in [3.63, 3.8) is 0 Å². The summed E-state index contributed by atoms with van der Waals surface area (Å²) >= 11 is 0. The van der Waals surface area contributed by atoms with Gasteiger partial charge in [-0.2, -0.15) is 0 Å². The molecular formula is C12H24N2O. The Labute approximate surface area is 93.0 Å². The summed E-state index contributed by atoms with van der Waals surface area (Å²) in [6, 6.07) is 1.26. The SMILES string of the molecule is NCC1COCCN1C1CCCCCC1. The predicted octanol–water partition coefficient (Wildman–Crippen LogP) is 1.37. The van der Waals surface area contributed by atoms with Gasteiger partial charge in [-0.05, 0) is 12.8 Å². The van der Waals surface area contributed by atoms with Crippen LogP contribution in [0.4, 0.5) is 0 Å². The highest BCUT2D eigenvalue weighted by Gasteiger charge is 2.28. The van der Waals surface area contributed by atoms with E-state index >= 15 is 0 Å². The molecule has 88 valence electrons. The highest BCUT2D eigenvalue weighted by Crippen LogP contribution is 2.24. The average molecular weight is 212 g/mol. The van der Waals surface area contributed by atoms with Gasteiger partial charge in [-0.25, -0.2) is 0 Å². The first-order valence-electron chi connectivity index (χ1n) is 6.45. The fourth-order valence-electron chi connectivity index (χ4n) is 2.94. The summed E-state index contributed by atoms with van der Waals surface area (Å²) in [6.45, 7) is 3.57. The lowest BCUT2D eigenvalue weighted by Crippen LogP contribution is -2.53. The van der Waals surface area contributed by atoms with Gasteiger partial charge in [0, 0.05) is 25.2 Å². The van der Waals surface area contributed by atoms with Gasteiger partial charge in [-0.15, -0.1) is 0 Å². The molecule has 0 radical (unpaired) electrons. The highest BCUT2D eigenvalue weighted by molar-refractivity contribution is 4.83. The van der Waals surface area contributed by atoms with Crippen LogP contribution in [0.3, 0.4) is 0 Å². The van der Waals surface area contributed by atoms with E-state index in [2.05, 4.69) is 4.90 Å². The first kappa shape index (κ1) is 11.4. The van der Waals surface area contributed by atoms with Crippen LogP contribution in [-0.4, -0.2) is 43.3 Å². The number of nitrogens with two attached hydrogens (primary N) is 1. The van der Waals surface area contributed by atoms with Crippen LogP contribution in [0.5, 0.6) is 0 Å². The molecule has 15 heavy (non-hydrogen) atoms. The summed E-state index contributed by atoms with van der Waals surface area (Å²) < 4.78 is 5.50. The van der Waals surface area contributed by atoms with E-state index in [0.717, 1.165) is 32.3 Å². The van der Waals surface area contributed by atoms with E-state index < -0.39 is 0 Å². The third-order valence-electron chi connectivity index (χ3n) is 3.84. The minimum Gasteiger partial charge on any atom is -0.378 e. The van der Waals surface area contributed by atoms with Crippen molar-refractivity contribution in [3.8, 4) is 0 Å². The van der Waals surface area contributed by atoms with Crippen molar-refractivity contribution < 1.29 is 4.74 Å². The standard InChI is InChI=1S/C12H24N2O/c13-9-12-10-15-8-7-14(12)11-5-3-1-2-4-6-11/h11-12H,1-10,13H2. The maximum Gasteiger partial charge on any atom is 0.0634 e. The van der Waals surface area contributed by atoms with E-state index in [1.54, 1.807) is 0 Å². The number of rotatable bonds is 2. The monoisotopic (exact) mass is 212 g/mol. The van der Waals surface area contributed by atoms with E-state index in [1.807, 2.05) is 0 Å². The van der Waals surface area contributed by atoms with Crippen LogP contribution in [0, 0.1) is 0 Å². The fraction of sp³-hybridized carbons (Fsp3) is 1.00. The molecule has 3 heteroatoms. The predicted molar refractivity (Wildman–Crippen MR) is 61.9 cm³/mol. The molecule has 1 aliphatic heterocycles. The summed E-state index contributed by atoms with van der Waals surface area (Å²) in [7, 11) is 0. The van der Waals surface area contributed by atoms with Gasteiger partial charge in [-0.1, -0.05) is 25.7 Å². The van der Waals surface area contributed by atoms with Gasteiger partial charge in [0.1, 0.15) is 0 Å². The Bertz CT molecular complexity index is 178. The zero-order valence-electron chi connectivity index (χ0n) is 9.66. The Morgan fingerprint density at radius 3 is 2.53 bits per heavy atom. The maximum absolute atomic E-state index is 5.82. The zero-order valence-corrected chi connectivity index (χ0v) is 9.66. The number of nitrogens with zero attached hydrogens (tertiary/aromatic N) is 1. The van der Waals surface area contributed by atoms with Crippen molar-refractivity contribution in [3.05, 3.63) is 0 Å². The molecule has 0 aromatic carbocycles. The molecule has 1 heterocycles.